The maximum absolute atomic E-state index is 11.7. The fourth-order valence-electron chi connectivity index (χ4n) is 1.81. The molecule has 0 aliphatic rings. The third kappa shape index (κ3) is 5.69. The number of nitrogens with one attached hydrogen (secondary N) is 2. The van der Waals surface area contributed by atoms with Gasteiger partial charge in [-0.3, -0.25) is 9.59 Å². The molecule has 8 heteroatoms. The molecule has 0 aliphatic carbocycles. The molecule has 0 bridgehead atoms. The molecule has 0 fully saturated rings. The van der Waals surface area contributed by atoms with E-state index in [1.54, 1.807) is 0 Å². The summed E-state index contributed by atoms with van der Waals surface area (Å²) in [6, 6.07) is 7.76. The second kappa shape index (κ2) is 8.49. The summed E-state index contributed by atoms with van der Waals surface area (Å²) in [6.07, 6.45) is 0. The van der Waals surface area contributed by atoms with Gasteiger partial charge in [0, 0.05) is 11.6 Å². The van der Waals surface area contributed by atoms with Crippen molar-refractivity contribution in [2.24, 2.45) is 0 Å². The highest BCUT2D eigenvalue weighted by Crippen LogP contribution is 2.23. The molecule has 7 nitrogen and oxygen atoms in total. The summed E-state index contributed by atoms with van der Waals surface area (Å²) in [5.41, 5.74) is 1.97. The summed E-state index contributed by atoms with van der Waals surface area (Å²) < 4.78 is 5.52. The molecule has 128 valence electrons. The lowest BCUT2D eigenvalue weighted by Crippen LogP contribution is -2.40. The number of carbonyl (C=O) groups is 2. The van der Waals surface area contributed by atoms with Crippen LogP contribution in [-0.2, 0) is 9.59 Å². The molecule has 0 aliphatic heterocycles. The second-order valence-corrected chi connectivity index (χ2v) is 6.45. The number of hydrogen-bond donors (Lipinski definition) is 2. The van der Waals surface area contributed by atoms with Gasteiger partial charge in [-0.05, 0) is 32.9 Å². The zero-order valence-corrected chi connectivity index (χ0v) is 14.6. The fraction of sp³-hybridized carbons (Fsp3) is 0.375. The van der Waals surface area contributed by atoms with Gasteiger partial charge in [0.1, 0.15) is 0 Å². The minimum absolute atomic E-state index is 0.0439. The van der Waals surface area contributed by atoms with Crippen LogP contribution in [0.5, 0.6) is 0 Å². The van der Waals surface area contributed by atoms with Crippen molar-refractivity contribution in [3.05, 3.63) is 29.8 Å². The molecule has 0 radical (unpaired) electrons. The van der Waals surface area contributed by atoms with Crippen LogP contribution in [0.15, 0.2) is 33.9 Å². The van der Waals surface area contributed by atoms with E-state index in [1.165, 1.54) is 0 Å². The summed E-state index contributed by atoms with van der Waals surface area (Å²) >= 11 is 1.13. The van der Waals surface area contributed by atoms with Crippen molar-refractivity contribution >= 4 is 23.6 Å². The van der Waals surface area contributed by atoms with Gasteiger partial charge in [0.05, 0.1) is 12.3 Å². The summed E-state index contributed by atoms with van der Waals surface area (Å²) in [7, 11) is 0. The number of carbonyl (C=O) groups excluding carboxylic acids is 2. The smallest absolute Gasteiger partial charge is 0.277 e. The highest BCUT2D eigenvalue weighted by atomic mass is 32.2. The van der Waals surface area contributed by atoms with E-state index in [0.717, 1.165) is 22.9 Å². The molecule has 2 aromatic rings. The van der Waals surface area contributed by atoms with Crippen molar-refractivity contribution in [1.82, 2.24) is 20.8 Å². The highest BCUT2D eigenvalue weighted by molar-refractivity contribution is 7.99. The average molecular weight is 348 g/mol. The first-order chi connectivity index (χ1) is 11.4. The van der Waals surface area contributed by atoms with Gasteiger partial charge in [0.25, 0.3) is 5.22 Å². The first-order valence-electron chi connectivity index (χ1n) is 7.53. The Balaban J connectivity index is 1.79. The number of rotatable bonds is 7. The van der Waals surface area contributed by atoms with Crippen LogP contribution in [0.4, 0.5) is 0 Å². The van der Waals surface area contributed by atoms with Crippen LogP contribution in [0.3, 0.4) is 0 Å². The molecule has 1 heterocycles. The van der Waals surface area contributed by atoms with Gasteiger partial charge in [-0.1, -0.05) is 29.5 Å². The summed E-state index contributed by atoms with van der Waals surface area (Å²) in [4.78, 5) is 23.2. The molecule has 1 aromatic carbocycles. The predicted octanol–water partition coefficient (Wildman–Crippen LogP) is 1.78. The Labute approximate surface area is 144 Å². The fourth-order valence-corrected chi connectivity index (χ4v) is 2.40. The quantitative estimate of drug-likeness (QED) is 0.740. The van der Waals surface area contributed by atoms with Gasteiger partial charge in [0.2, 0.25) is 17.7 Å². The molecular formula is C16H20N4O3S. The minimum Gasteiger partial charge on any atom is -0.411 e. The van der Waals surface area contributed by atoms with Gasteiger partial charge in [-0.25, -0.2) is 0 Å². The number of aryl methyl sites for hydroxylation is 1. The van der Waals surface area contributed by atoms with E-state index in [4.69, 9.17) is 4.42 Å². The zero-order valence-electron chi connectivity index (χ0n) is 13.8. The molecule has 2 rings (SSSR count). The molecule has 0 atom stereocenters. The normalized spacial score (nSPS) is 10.7. The van der Waals surface area contributed by atoms with E-state index in [0.29, 0.717) is 11.1 Å². The van der Waals surface area contributed by atoms with Crippen LogP contribution in [0.2, 0.25) is 0 Å². The molecular weight excluding hydrogens is 328 g/mol. The topological polar surface area (TPSA) is 97.1 Å². The van der Waals surface area contributed by atoms with Crippen LogP contribution in [0.1, 0.15) is 19.4 Å². The van der Waals surface area contributed by atoms with Crippen LogP contribution in [0, 0.1) is 6.92 Å². The monoisotopic (exact) mass is 348 g/mol. The van der Waals surface area contributed by atoms with E-state index in [-0.39, 0.29) is 30.2 Å². The maximum Gasteiger partial charge on any atom is 0.277 e. The van der Waals surface area contributed by atoms with Crippen LogP contribution in [0.25, 0.3) is 11.5 Å². The van der Waals surface area contributed by atoms with Gasteiger partial charge in [-0.15, -0.1) is 10.2 Å². The summed E-state index contributed by atoms with van der Waals surface area (Å²) in [6.45, 7) is 5.67. The second-order valence-electron chi connectivity index (χ2n) is 5.53. The Morgan fingerprint density at radius 3 is 2.54 bits per heavy atom. The van der Waals surface area contributed by atoms with E-state index < -0.39 is 0 Å². The SMILES string of the molecule is Cc1ccc(-c2nnc(SCC(=O)NCC(=O)NC(C)C)o2)cc1. The Kier molecular flexibility index (Phi) is 6.36. The molecule has 0 spiro atoms. The van der Waals surface area contributed by atoms with E-state index in [1.807, 2.05) is 45.0 Å². The largest absolute Gasteiger partial charge is 0.411 e. The number of aromatic nitrogens is 2. The lowest BCUT2D eigenvalue weighted by Gasteiger charge is -2.08. The summed E-state index contributed by atoms with van der Waals surface area (Å²) in [5.74, 6) is 0.0239. The number of benzene rings is 1. The van der Waals surface area contributed by atoms with Crippen molar-refractivity contribution in [2.75, 3.05) is 12.3 Å². The maximum atomic E-state index is 11.7. The van der Waals surface area contributed by atoms with E-state index >= 15 is 0 Å². The molecule has 0 saturated heterocycles. The van der Waals surface area contributed by atoms with Crippen molar-refractivity contribution in [2.45, 2.75) is 32.0 Å². The van der Waals surface area contributed by atoms with Crippen molar-refractivity contribution < 1.29 is 14.0 Å². The molecule has 2 N–H and O–H groups in total. The minimum atomic E-state index is -0.269. The lowest BCUT2D eigenvalue weighted by atomic mass is 10.1. The van der Waals surface area contributed by atoms with Gasteiger partial charge < -0.3 is 15.1 Å². The number of thioether (sulfide) groups is 1. The van der Waals surface area contributed by atoms with Crippen LogP contribution < -0.4 is 10.6 Å². The first kappa shape index (κ1) is 18.0. The average Bonchev–Trinajstić information content (AvgIpc) is 3.00. The Morgan fingerprint density at radius 2 is 1.88 bits per heavy atom. The van der Waals surface area contributed by atoms with Gasteiger partial charge >= 0.3 is 0 Å². The highest BCUT2D eigenvalue weighted by Gasteiger charge is 2.12. The standard InChI is InChI=1S/C16H20N4O3S/c1-10(2)18-13(21)8-17-14(22)9-24-16-20-19-15(23-16)12-6-4-11(3)5-7-12/h4-7,10H,8-9H2,1-3H3,(H,17,22)(H,18,21). The van der Waals surface area contributed by atoms with Gasteiger partial charge in [-0.2, -0.15) is 0 Å². The van der Waals surface area contributed by atoms with E-state index in [2.05, 4.69) is 20.8 Å². The van der Waals surface area contributed by atoms with Crippen molar-refractivity contribution in [1.29, 1.82) is 0 Å². The lowest BCUT2D eigenvalue weighted by molar-refractivity contribution is -0.125. The number of nitrogens with zero attached hydrogens (tertiary/aromatic N) is 2. The van der Waals surface area contributed by atoms with Crippen LogP contribution in [-0.4, -0.2) is 40.4 Å². The Bertz CT molecular complexity index is 698. The number of hydrogen-bond acceptors (Lipinski definition) is 6. The Morgan fingerprint density at radius 1 is 1.17 bits per heavy atom. The van der Waals surface area contributed by atoms with Crippen molar-refractivity contribution in [3.63, 3.8) is 0 Å². The number of amides is 2. The first-order valence-corrected chi connectivity index (χ1v) is 8.52. The molecule has 1 aromatic heterocycles. The van der Waals surface area contributed by atoms with Gasteiger partial charge in [0.15, 0.2) is 0 Å². The molecule has 2 amide bonds. The van der Waals surface area contributed by atoms with Crippen molar-refractivity contribution in [3.8, 4) is 11.5 Å². The molecule has 24 heavy (non-hydrogen) atoms. The third-order valence-corrected chi connectivity index (χ3v) is 3.75. The van der Waals surface area contributed by atoms with Crippen LogP contribution >= 0.6 is 11.8 Å². The zero-order chi connectivity index (χ0) is 17.5. The predicted molar refractivity (Wildman–Crippen MR) is 91.5 cm³/mol. The third-order valence-electron chi connectivity index (χ3n) is 2.93. The Hall–Kier alpha value is -2.35. The molecule has 0 unspecified atom stereocenters. The summed E-state index contributed by atoms with van der Waals surface area (Å²) in [5, 5.41) is 13.4. The van der Waals surface area contributed by atoms with E-state index in [9.17, 15) is 9.59 Å². The molecule has 0 saturated carbocycles.